The van der Waals surface area contributed by atoms with Crippen molar-refractivity contribution >= 4 is 29.5 Å². The number of nitrogens with zero attached hydrogens (tertiary/aromatic N) is 2. The number of carbonyl (C=O) groups is 1. The fourth-order valence-corrected chi connectivity index (χ4v) is 1.86. The van der Waals surface area contributed by atoms with Crippen LogP contribution < -0.4 is 5.32 Å². The van der Waals surface area contributed by atoms with Gasteiger partial charge in [-0.15, -0.1) is 0 Å². The van der Waals surface area contributed by atoms with Crippen LogP contribution >= 0.6 is 11.6 Å². The molecule has 1 aromatic rings. The molecule has 1 rings (SSSR count). The van der Waals surface area contributed by atoms with E-state index in [1.54, 1.807) is 20.8 Å². The molecule has 0 aliphatic heterocycles. The van der Waals surface area contributed by atoms with Gasteiger partial charge in [-0.05, 0) is 26.8 Å². The van der Waals surface area contributed by atoms with Gasteiger partial charge in [0.2, 0.25) is 0 Å². The molecule has 6 nitrogen and oxygen atoms in total. The lowest BCUT2D eigenvalue weighted by Gasteiger charge is -2.19. The summed E-state index contributed by atoms with van der Waals surface area (Å²) in [6, 6.07) is 1.93. The summed E-state index contributed by atoms with van der Waals surface area (Å²) in [5, 5.41) is 17.7. The Bertz CT molecular complexity index is 762. The minimum atomic E-state index is -4.84. The number of amides is 1. The summed E-state index contributed by atoms with van der Waals surface area (Å²) < 4.78 is 44.1. The number of carbonyl (C=O) groups excluding carboxylic acids is 1. The zero-order valence-corrected chi connectivity index (χ0v) is 14.2. The monoisotopic (exact) mass is 374 g/mol. The molecule has 0 aliphatic rings. The molecule has 0 saturated heterocycles. The van der Waals surface area contributed by atoms with E-state index in [9.17, 15) is 18.0 Å². The molecule has 2 N–H and O–H groups in total. The van der Waals surface area contributed by atoms with Crippen molar-refractivity contribution in [3.8, 4) is 6.07 Å². The topological polar surface area (TPSA) is 98.9 Å². The van der Waals surface area contributed by atoms with Crippen LogP contribution in [-0.2, 0) is 10.9 Å². The summed E-state index contributed by atoms with van der Waals surface area (Å²) in [7, 11) is 0. The maximum absolute atomic E-state index is 13.1. The van der Waals surface area contributed by atoms with Gasteiger partial charge in [-0.3, -0.25) is 5.32 Å². The standard InChI is InChI=1S/C15H14ClF3N4O2/c1-14(2,3)25-13(24)22-7-8(5-20)11-4-10(15(17,18)19)9(6-21)12(16)23-11/h4-5,7,20H,1-3H3,(H,22,24)/b8-7+,20-5?. The third-order valence-electron chi connectivity index (χ3n) is 2.59. The molecule has 0 unspecified atom stereocenters. The average molecular weight is 375 g/mol. The van der Waals surface area contributed by atoms with Gasteiger partial charge < -0.3 is 10.1 Å². The highest BCUT2D eigenvalue weighted by molar-refractivity contribution is 6.30. The van der Waals surface area contributed by atoms with Crippen LogP contribution in [0.1, 0.15) is 37.6 Å². The van der Waals surface area contributed by atoms with Crippen molar-refractivity contribution in [2.24, 2.45) is 0 Å². The molecule has 0 spiro atoms. The normalized spacial score (nSPS) is 12.3. The summed E-state index contributed by atoms with van der Waals surface area (Å²) in [5.74, 6) is 0. The third-order valence-corrected chi connectivity index (χ3v) is 2.86. The Balaban J connectivity index is 3.27. The van der Waals surface area contributed by atoms with Crippen LogP contribution in [0.2, 0.25) is 5.15 Å². The largest absolute Gasteiger partial charge is 0.444 e. The Hall–Kier alpha value is -2.60. The number of alkyl halides is 3. The quantitative estimate of drug-likeness (QED) is 0.613. The van der Waals surface area contributed by atoms with Gasteiger partial charge in [-0.1, -0.05) is 11.6 Å². The number of alkyl carbamates (subject to hydrolysis) is 1. The number of halogens is 4. The molecule has 0 fully saturated rings. The highest BCUT2D eigenvalue weighted by Crippen LogP contribution is 2.35. The molecule has 0 bridgehead atoms. The van der Waals surface area contributed by atoms with Crippen molar-refractivity contribution < 1.29 is 22.7 Å². The lowest BCUT2D eigenvalue weighted by atomic mass is 10.1. The van der Waals surface area contributed by atoms with Crippen LogP contribution in [0.5, 0.6) is 0 Å². The predicted octanol–water partition coefficient (Wildman–Crippen LogP) is 4.14. The zero-order valence-electron chi connectivity index (χ0n) is 13.5. The van der Waals surface area contributed by atoms with Gasteiger partial charge in [0.1, 0.15) is 22.4 Å². The highest BCUT2D eigenvalue weighted by Gasteiger charge is 2.36. The number of aromatic nitrogens is 1. The van der Waals surface area contributed by atoms with E-state index in [1.165, 1.54) is 6.07 Å². The van der Waals surface area contributed by atoms with E-state index in [2.05, 4.69) is 10.3 Å². The maximum atomic E-state index is 13.1. The number of rotatable bonds is 3. The van der Waals surface area contributed by atoms with Crippen LogP contribution in [-0.4, -0.2) is 22.9 Å². The fraction of sp³-hybridized carbons (Fsp3) is 0.333. The fourth-order valence-electron chi connectivity index (χ4n) is 1.63. The second-order valence-corrected chi connectivity index (χ2v) is 6.08. The maximum Gasteiger partial charge on any atom is 0.417 e. The van der Waals surface area contributed by atoms with Gasteiger partial charge in [0, 0.05) is 18.0 Å². The molecule has 1 amide bonds. The first-order valence-corrected chi connectivity index (χ1v) is 7.15. The molecule has 0 radical (unpaired) electrons. The summed E-state index contributed by atoms with van der Waals surface area (Å²) >= 11 is 5.64. The molecule has 0 atom stereocenters. The van der Waals surface area contributed by atoms with Crippen molar-refractivity contribution in [1.82, 2.24) is 10.3 Å². The van der Waals surface area contributed by atoms with Crippen molar-refractivity contribution in [2.45, 2.75) is 32.5 Å². The third kappa shape index (κ3) is 5.76. The van der Waals surface area contributed by atoms with Gasteiger partial charge in [-0.25, -0.2) is 9.78 Å². The highest BCUT2D eigenvalue weighted by atomic mass is 35.5. The Morgan fingerprint density at radius 1 is 1.44 bits per heavy atom. The van der Waals surface area contributed by atoms with E-state index in [0.29, 0.717) is 12.3 Å². The molecule has 134 valence electrons. The lowest BCUT2D eigenvalue weighted by Crippen LogP contribution is -2.30. The molecule has 1 heterocycles. The van der Waals surface area contributed by atoms with E-state index in [0.717, 1.165) is 6.20 Å². The van der Waals surface area contributed by atoms with Crippen molar-refractivity contribution in [1.29, 1.82) is 10.7 Å². The van der Waals surface area contributed by atoms with Crippen LogP contribution in [0.4, 0.5) is 18.0 Å². The average Bonchev–Trinajstić information content (AvgIpc) is 2.44. The van der Waals surface area contributed by atoms with Crippen LogP contribution in [0.25, 0.3) is 5.57 Å². The Kier molecular flexibility index (Phi) is 6.15. The van der Waals surface area contributed by atoms with Gasteiger partial charge in [0.25, 0.3) is 0 Å². The summed E-state index contributed by atoms with van der Waals surface area (Å²) in [6.45, 7) is 4.89. The number of nitrogens with one attached hydrogen (secondary N) is 2. The van der Waals surface area contributed by atoms with Crippen molar-refractivity contribution in [3.63, 3.8) is 0 Å². The van der Waals surface area contributed by atoms with Crippen LogP contribution in [0.3, 0.4) is 0 Å². The van der Waals surface area contributed by atoms with Gasteiger partial charge in [0.15, 0.2) is 0 Å². The van der Waals surface area contributed by atoms with Gasteiger partial charge in [-0.2, -0.15) is 18.4 Å². The Morgan fingerprint density at radius 2 is 2.04 bits per heavy atom. The second kappa shape index (κ2) is 7.53. The molecular formula is C15H14ClF3N4O2. The summed E-state index contributed by atoms with van der Waals surface area (Å²) in [4.78, 5) is 15.3. The lowest BCUT2D eigenvalue weighted by molar-refractivity contribution is -0.137. The SMILES string of the molecule is CC(C)(C)OC(=O)N/C=C(\C=N)c1cc(C(F)(F)F)c(C#N)c(Cl)n1. The van der Waals surface area contributed by atoms with Crippen LogP contribution in [0, 0.1) is 16.7 Å². The molecule has 0 aliphatic carbocycles. The van der Waals surface area contributed by atoms with E-state index in [-0.39, 0.29) is 11.3 Å². The van der Waals surface area contributed by atoms with Crippen LogP contribution in [0.15, 0.2) is 12.3 Å². The zero-order chi connectivity index (χ0) is 19.4. The molecule has 0 saturated carbocycles. The van der Waals surface area contributed by atoms with Crippen molar-refractivity contribution in [2.75, 3.05) is 0 Å². The molecule has 1 aromatic heterocycles. The van der Waals surface area contributed by atoms with E-state index in [1.807, 2.05) is 0 Å². The minimum absolute atomic E-state index is 0.164. The first-order chi connectivity index (χ1) is 11.4. The predicted molar refractivity (Wildman–Crippen MR) is 85.1 cm³/mol. The van der Waals surface area contributed by atoms with E-state index >= 15 is 0 Å². The second-order valence-electron chi connectivity index (χ2n) is 5.72. The summed E-state index contributed by atoms with van der Waals surface area (Å²) in [5.41, 5.74) is -3.37. The first-order valence-electron chi connectivity index (χ1n) is 6.77. The number of hydrogen-bond donors (Lipinski definition) is 2. The van der Waals surface area contributed by atoms with Gasteiger partial charge in [0.05, 0.1) is 11.3 Å². The smallest absolute Gasteiger partial charge is 0.417 e. The Morgan fingerprint density at radius 3 is 2.48 bits per heavy atom. The molecule has 0 aromatic carbocycles. The minimum Gasteiger partial charge on any atom is -0.444 e. The number of nitriles is 1. The first kappa shape index (κ1) is 20.4. The summed E-state index contributed by atoms with van der Waals surface area (Å²) in [6.07, 6.45) is -4.05. The van der Waals surface area contributed by atoms with Crippen molar-refractivity contribution in [3.05, 3.63) is 34.2 Å². The number of allylic oxidation sites excluding steroid dienone is 1. The van der Waals surface area contributed by atoms with Gasteiger partial charge >= 0.3 is 12.3 Å². The number of hydrogen-bond acceptors (Lipinski definition) is 5. The molecular weight excluding hydrogens is 361 g/mol. The molecule has 25 heavy (non-hydrogen) atoms. The van der Waals surface area contributed by atoms with E-state index in [4.69, 9.17) is 27.0 Å². The molecule has 10 heteroatoms. The number of ether oxygens (including phenoxy) is 1. The number of pyridine rings is 1. The van der Waals surface area contributed by atoms with E-state index < -0.39 is 34.2 Å². The Labute approximate surface area is 146 Å².